The summed E-state index contributed by atoms with van der Waals surface area (Å²) < 4.78 is 0. The Morgan fingerprint density at radius 2 is 2.47 bits per heavy atom. The fourth-order valence-corrected chi connectivity index (χ4v) is 1.93. The highest BCUT2D eigenvalue weighted by atomic mass is 16.2. The van der Waals surface area contributed by atoms with Gasteiger partial charge in [-0.3, -0.25) is 4.79 Å². The molecule has 0 bridgehead atoms. The quantitative estimate of drug-likeness (QED) is 0.743. The average molecular weight is 209 g/mol. The minimum Gasteiger partial charge on any atom is -0.342 e. The molecule has 1 amide bonds. The first kappa shape index (κ1) is 12.0. The molecule has 1 atom stereocenters. The van der Waals surface area contributed by atoms with Gasteiger partial charge in [0.1, 0.15) is 0 Å². The van der Waals surface area contributed by atoms with Gasteiger partial charge >= 0.3 is 0 Å². The van der Waals surface area contributed by atoms with E-state index in [1.54, 1.807) is 4.90 Å². The summed E-state index contributed by atoms with van der Waals surface area (Å²) in [5.74, 6) is 0.331. The van der Waals surface area contributed by atoms with Crippen LogP contribution in [0.2, 0.25) is 0 Å². The molecule has 1 fully saturated rings. The van der Waals surface area contributed by atoms with Crippen LogP contribution >= 0.6 is 0 Å². The largest absolute Gasteiger partial charge is 0.342 e. The number of carbonyl (C=O) groups is 1. The second-order valence-electron chi connectivity index (χ2n) is 3.87. The SMILES string of the molecule is CCN(CCC#N)C(=O)[C@@H]1CCCNC1. The van der Waals surface area contributed by atoms with Crippen molar-refractivity contribution < 1.29 is 4.79 Å². The molecule has 0 radical (unpaired) electrons. The topological polar surface area (TPSA) is 56.1 Å². The fourth-order valence-electron chi connectivity index (χ4n) is 1.93. The van der Waals surface area contributed by atoms with E-state index in [9.17, 15) is 4.79 Å². The lowest BCUT2D eigenvalue weighted by atomic mass is 9.98. The van der Waals surface area contributed by atoms with Crippen LogP contribution in [0.5, 0.6) is 0 Å². The van der Waals surface area contributed by atoms with Crippen LogP contribution in [0.25, 0.3) is 0 Å². The van der Waals surface area contributed by atoms with E-state index in [-0.39, 0.29) is 11.8 Å². The van der Waals surface area contributed by atoms with Crippen molar-refractivity contribution in [3.05, 3.63) is 0 Å². The highest BCUT2D eigenvalue weighted by Gasteiger charge is 2.24. The zero-order valence-electron chi connectivity index (χ0n) is 9.33. The van der Waals surface area contributed by atoms with Gasteiger partial charge < -0.3 is 10.2 Å². The summed E-state index contributed by atoms with van der Waals surface area (Å²) in [5, 5.41) is 11.7. The average Bonchev–Trinajstić information content (AvgIpc) is 2.31. The molecule has 0 aromatic carbocycles. The van der Waals surface area contributed by atoms with Crippen molar-refractivity contribution in [1.82, 2.24) is 10.2 Å². The Morgan fingerprint density at radius 3 is 3.00 bits per heavy atom. The highest BCUT2D eigenvalue weighted by Crippen LogP contribution is 2.13. The predicted molar refractivity (Wildman–Crippen MR) is 58.1 cm³/mol. The summed E-state index contributed by atoms with van der Waals surface area (Å²) in [6, 6.07) is 2.08. The lowest BCUT2D eigenvalue weighted by molar-refractivity contribution is -0.135. The number of nitrogens with one attached hydrogen (secondary N) is 1. The maximum atomic E-state index is 12.0. The number of rotatable bonds is 4. The van der Waals surface area contributed by atoms with E-state index in [2.05, 4.69) is 11.4 Å². The molecule has 1 aliphatic heterocycles. The van der Waals surface area contributed by atoms with Gasteiger partial charge in [0.05, 0.1) is 18.4 Å². The zero-order valence-corrected chi connectivity index (χ0v) is 9.33. The first-order valence-corrected chi connectivity index (χ1v) is 5.66. The van der Waals surface area contributed by atoms with E-state index >= 15 is 0 Å². The first-order chi connectivity index (χ1) is 7.29. The summed E-state index contributed by atoms with van der Waals surface area (Å²) in [7, 11) is 0. The van der Waals surface area contributed by atoms with Crippen LogP contribution in [0.4, 0.5) is 0 Å². The minimum atomic E-state index is 0.123. The molecule has 4 heteroatoms. The number of amides is 1. The fraction of sp³-hybridized carbons (Fsp3) is 0.818. The van der Waals surface area contributed by atoms with Crippen LogP contribution < -0.4 is 5.32 Å². The Hall–Kier alpha value is -1.08. The third-order valence-corrected chi connectivity index (χ3v) is 2.83. The Balaban J connectivity index is 2.44. The number of nitrogens with zero attached hydrogens (tertiary/aromatic N) is 2. The van der Waals surface area contributed by atoms with E-state index < -0.39 is 0 Å². The molecule has 0 aromatic heterocycles. The molecule has 1 N–H and O–H groups in total. The van der Waals surface area contributed by atoms with Crippen molar-refractivity contribution in [2.75, 3.05) is 26.2 Å². The van der Waals surface area contributed by atoms with Crippen molar-refractivity contribution >= 4 is 5.91 Å². The number of piperidine rings is 1. The van der Waals surface area contributed by atoms with Crippen molar-refractivity contribution in [3.63, 3.8) is 0 Å². The summed E-state index contributed by atoms with van der Waals surface area (Å²) in [4.78, 5) is 13.8. The van der Waals surface area contributed by atoms with Gasteiger partial charge in [0.15, 0.2) is 0 Å². The molecule has 0 spiro atoms. The van der Waals surface area contributed by atoms with Crippen molar-refractivity contribution in [1.29, 1.82) is 5.26 Å². The van der Waals surface area contributed by atoms with Crippen LogP contribution in [-0.4, -0.2) is 37.0 Å². The van der Waals surface area contributed by atoms with Gasteiger partial charge in [0, 0.05) is 19.6 Å². The van der Waals surface area contributed by atoms with E-state index in [1.165, 1.54) is 0 Å². The molecule has 0 saturated carbocycles. The number of nitriles is 1. The monoisotopic (exact) mass is 209 g/mol. The molecule has 0 unspecified atom stereocenters. The van der Waals surface area contributed by atoms with Gasteiger partial charge in [-0.25, -0.2) is 0 Å². The molecule has 84 valence electrons. The van der Waals surface area contributed by atoms with E-state index in [0.29, 0.717) is 19.5 Å². The molecule has 1 saturated heterocycles. The van der Waals surface area contributed by atoms with Crippen molar-refractivity contribution in [2.45, 2.75) is 26.2 Å². The molecular formula is C11H19N3O. The molecule has 15 heavy (non-hydrogen) atoms. The van der Waals surface area contributed by atoms with Crippen molar-refractivity contribution in [2.24, 2.45) is 5.92 Å². The third-order valence-electron chi connectivity index (χ3n) is 2.83. The normalized spacial score (nSPS) is 20.7. The maximum Gasteiger partial charge on any atom is 0.226 e. The van der Waals surface area contributed by atoms with Gasteiger partial charge in [0.25, 0.3) is 0 Å². The highest BCUT2D eigenvalue weighted by molar-refractivity contribution is 5.79. The summed E-state index contributed by atoms with van der Waals surface area (Å²) in [6.45, 7) is 5.06. The molecule has 4 nitrogen and oxygen atoms in total. The van der Waals surface area contributed by atoms with E-state index in [1.807, 2.05) is 6.92 Å². The first-order valence-electron chi connectivity index (χ1n) is 5.66. The summed E-state index contributed by atoms with van der Waals surface area (Å²) >= 11 is 0. The molecule has 1 heterocycles. The Labute approximate surface area is 91.2 Å². The lowest BCUT2D eigenvalue weighted by Gasteiger charge is -2.28. The number of hydrogen-bond donors (Lipinski definition) is 1. The number of carbonyl (C=O) groups excluding carboxylic acids is 1. The number of hydrogen-bond acceptors (Lipinski definition) is 3. The van der Waals surface area contributed by atoms with Gasteiger partial charge in [-0.15, -0.1) is 0 Å². The van der Waals surface area contributed by atoms with Crippen molar-refractivity contribution in [3.8, 4) is 6.07 Å². The van der Waals surface area contributed by atoms with Crippen LogP contribution in [0, 0.1) is 17.2 Å². The molecular weight excluding hydrogens is 190 g/mol. The Morgan fingerprint density at radius 1 is 1.67 bits per heavy atom. The van der Waals surface area contributed by atoms with Gasteiger partial charge in [-0.05, 0) is 26.3 Å². The van der Waals surface area contributed by atoms with Crippen LogP contribution in [0.1, 0.15) is 26.2 Å². The Bertz CT molecular complexity index is 241. The lowest BCUT2D eigenvalue weighted by Crippen LogP contribution is -2.43. The predicted octanol–water partition coefficient (Wildman–Crippen LogP) is 0.748. The Kier molecular flexibility index (Phi) is 5.13. The van der Waals surface area contributed by atoms with Gasteiger partial charge in [0.2, 0.25) is 5.91 Å². The van der Waals surface area contributed by atoms with Crippen LogP contribution in [0.3, 0.4) is 0 Å². The maximum absolute atomic E-state index is 12.0. The minimum absolute atomic E-state index is 0.123. The zero-order chi connectivity index (χ0) is 11.1. The standard InChI is InChI=1S/C11H19N3O/c1-2-14(8-4-6-12)11(15)10-5-3-7-13-9-10/h10,13H,2-5,7-9H2,1H3/t10-/m1/s1. The van der Waals surface area contributed by atoms with Crippen LogP contribution in [-0.2, 0) is 4.79 Å². The molecule has 1 rings (SSSR count). The summed E-state index contributed by atoms with van der Waals surface area (Å²) in [6.07, 6.45) is 2.49. The van der Waals surface area contributed by atoms with Gasteiger partial charge in [-0.2, -0.15) is 5.26 Å². The summed E-state index contributed by atoms with van der Waals surface area (Å²) in [5.41, 5.74) is 0. The molecule has 0 aromatic rings. The van der Waals surface area contributed by atoms with E-state index in [4.69, 9.17) is 5.26 Å². The smallest absolute Gasteiger partial charge is 0.226 e. The second-order valence-corrected chi connectivity index (χ2v) is 3.87. The van der Waals surface area contributed by atoms with E-state index in [0.717, 1.165) is 25.9 Å². The van der Waals surface area contributed by atoms with Gasteiger partial charge in [-0.1, -0.05) is 0 Å². The molecule has 1 aliphatic rings. The second kappa shape index (κ2) is 6.41. The van der Waals surface area contributed by atoms with Crippen LogP contribution in [0.15, 0.2) is 0 Å². The third kappa shape index (κ3) is 3.52. The molecule has 0 aliphatic carbocycles.